The third-order valence-electron chi connectivity index (χ3n) is 4.15. The molecule has 1 aromatic heterocycles. The third kappa shape index (κ3) is 3.28. The number of amides is 2. The second-order valence-corrected chi connectivity index (χ2v) is 6.81. The number of thiophene rings is 1. The summed E-state index contributed by atoms with van der Waals surface area (Å²) < 4.78 is 2.46. The number of fused-ring (bicyclic) bond motifs is 3. The maximum absolute atomic E-state index is 12.6. The number of likely N-dealkylation sites (N-methyl/N-ethyl adjacent to an activating group) is 2. The van der Waals surface area contributed by atoms with E-state index in [1.165, 1.54) is 32.0 Å². The van der Waals surface area contributed by atoms with Gasteiger partial charge in [-0.3, -0.25) is 14.5 Å². The van der Waals surface area contributed by atoms with Crippen LogP contribution in [0.15, 0.2) is 48.2 Å². The van der Waals surface area contributed by atoms with Crippen molar-refractivity contribution in [3.63, 3.8) is 0 Å². The first-order valence-corrected chi connectivity index (χ1v) is 9.00. The predicted octanol–water partition coefficient (Wildman–Crippen LogP) is 4.01. The summed E-state index contributed by atoms with van der Waals surface area (Å²) in [5.41, 5.74) is 1.32. The van der Waals surface area contributed by atoms with Crippen LogP contribution in [0.4, 0.5) is 0 Å². The molecule has 128 valence electrons. The van der Waals surface area contributed by atoms with E-state index < -0.39 is 0 Å². The summed E-state index contributed by atoms with van der Waals surface area (Å²) in [6.45, 7) is 3.54. The molecule has 0 unspecified atom stereocenters. The zero-order chi connectivity index (χ0) is 18.0. The molecular weight excluding hydrogens is 332 g/mol. The molecular formula is C20H20N2O2S. The van der Waals surface area contributed by atoms with Crippen LogP contribution in [0.2, 0.25) is 0 Å². The summed E-state index contributed by atoms with van der Waals surface area (Å²) in [5, 5.41) is 5.31. The molecule has 0 saturated heterocycles. The molecule has 3 rings (SSSR count). The molecule has 0 aliphatic heterocycles. The number of carbonyl (C=O) groups excluding carboxylic acids is 2. The molecule has 0 bridgehead atoms. The summed E-state index contributed by atoms with van der Waals surface area (Å²) in [6, 6.07) is 14.5. The second kappa shape index (κ2) is 7.07. The van der Waals surface area contributed by atoms with E-state index in [-0.39, 0.29) is 11.8 Å². The van der Waals surface area contributed by atoms with Gasteiger partial charge in [-0.25, -0.2) is 0 Å². The fourth-order valence-corrected chi connectivity index (χ4v) is 3.98. The van der Waals surface area contributed by atoms with Crippen molar-refractivity contribution < 1.29 is 9.59 Å². The number of nitrogens with one attached hydrogen (secondary N) is 1. The Bertz CT molecular complexity index is 988. The summed E-state index contributed by atoms with van der Waals surface area (Å²) in [6.07, 6.45) is 1.79. The number of rotatable bonds is 4. The van der Waals surface area contributed by atoms with Crippen molar-refractivity contribution in [3.05, 3.63) is 53.7 Å². The lowest BCUT2D eigenvalue weighted by molar-refractivity contribution is -0.140. The number of benzene rings is 2. The minimum Gasteiger partial charge on any atom is -0.384 e. The highest BCUT2D eigenvalue weighted by Gasteiger charge is 2.19. The van der Waals surface area contributed by atoms with Gasteiger partial charge in [-0.1, -0.05) is 24.3 Å². The Morgan fingerprint density at radius 2 is 1.84 bits per heavy atom. The third-order valence-corrected chi connectivity index (χ3v) is 5.30. The van der Waals surface area contributed by atoms with Crippen molar-refractivity contribution in [2.24, 2.45) is 0 Å². The van der Waals surface area contributed by atoms with Crippen molar-refractivity contribution >= 4 is 49.4 Å². The van der Waals surface area contributed by atoms with Crippen LogP contribution in [-0.4, -0.2) is 30.3 Å². The normalized spacial score (nSPS) is 11.7. The van der Waals surface area contributed by atoms with Crippen LogP contribution >= 0.6 is 11.3 Å². The Morgan fingerprint density at radius 3 is 2.52 bits per heavy atom. The fourth-order valence-electron chi connectivity index (χ4n) is 2.90. The van der Waals surface area contributed by atoms with Crippen LogP contribution in [0.25, 0.3) is 26.2 Å². The Balaban J connectivity index is 2.04. The Kier molecular flexibility index (Phi) is 4.86. The molecule has 0 atom stereocenters. The summed E-state index contributed by atoms with van der Waals surface area (Å²) >= 11 is 1.76. The van der Waals surface area contributed by atoms with E-state index in [4.69, 9.17) is 0 Å². The molecule has 2 aromatic carbocycles. The van der Waals surface area contributed by atoms with Crippen LogP contribution in [0.3, 0.4) is 0 Å². The number of carbonyl (C=O) groups is 2. The van der Waals surface area contributed by atoms with Gasteiger partial charge in [0.15, 0.2) is 0 Å². The van der Waals surface area contributed by atoms with E-state index in [9.17, 15) is 9.59 Å². The maximum Gasteiger partial charge on any atom is 0.276 e. The summed E-state index contributed by atoms with van der Waals surface area (Å²) in [7, 11) is 1.69. The molecule has 4 nitrogen and oxygen atoms in total. The molecule has 1 N–H and O–H groups in total. The van der Waals surface area contributed by atoms with E-state index in [0.29, 0.717) is 12.2 Å². The first kappa shape index (κ1) is 17.2. The zero-order valence-electron chi connectivity index (χ0n) is 14.5. The largest absolute Gasteiger partial charge is 0.384 e. The van der Waals surface area contributed by atoms with Gasteiger partial charge in [-0.2, -0.15) is 0 Å². The van der Waals surface area contributed by atoms with Gasteiger partial charge in [0, 0.05) is 40.7 Å². The quantitative estimate of drug-likeness (QED) is 0.722. The first-order valence-electron chi connectivity index (χ1n) is 8.18. The second-order valence-electron chi connectivity index (χ2n) is 5.73. The lowest BCUT2D eigenvalue weighted by Gasteiger charge is -2.18. The Labute approximate surface area is 150 Å². The summed E-state index contributed by atoms with van der Waals surface area (Å²) in [4.78, 5) is 25.4. The molecule has 0 spiro atoms. The SMILES string of the molecule is CCN(C(C)=O)C(=O)/C(=C\c1ccc2sc3ccccc3c2c1)NC. The molecule has 0 aliphatic rings. The number of imide groups is 1. The van der Waals surface area contributed by atoms with Gasteiger partial charge >= 0.3 is 0 Å². The van der Waals surface area contributed by atoms with Crippen LogP contribution in [-0.2, 0) is 9.59 Å². The van der Waals surface area contributed by atoms with E-state index in [1.54, 1.807) is 31.4 Å². The summed E-state index contributed by atoms with van der Waals surface area (Å²) in [5.74, 6) is -0.569. The van der Waals surface area contributed by atoms with Gasteiger partial charge < -0.3 is 5.32 Å². The first-order chi connectivity index (χ1) is 12.0. The smallest absolute Gasteiger partial charge is 0.276 e. The Hall–Kier alpha value is -2.66. The van der Waals surface area contributed by atoms with Gasteiger partial charge in [0.2, 0.25) is 5.91 Å². The van der Waals surface area contributed by atoms with Crippen molar-refractivity contribution in [2.75, 3.05) is 13.6 Å². The molecule has 0 saturated carbocycles. The predicted molar refractivity (Wildman–Crippen MR) is 104 cm³/mol. The highest BCUT2D eigenvalue weighted by atomic mass is 32.1. The molecule has 0 radical (unpaired) electrons. The number of hydrogen-bond donors (Lipinski definition) is 1. The average Bonchev–Trinajstić information content (AvgIpc) is 2.97. The van der Waals surface area contributed by atoms with Gasteiger partial charge in [0.1, 0.15) is 5.70 Å². The van der Waals surface area contributed by atoms with Crippen LogP contribution < -0.4 is 5.32 Å². The maximum atomic E-state index is 12.6. The number of hydrogen-bond acceptors (Lipinski definition) is 4. The van der Waals surface area contributed by atoms with Crippen LogP contribution in [0.1, 0.15) is 19.4 Å². The van der Waals surface area contributed by atoms with Crippen LogP contribution in [0.5, 0.6) is 0 Å². The lowest BCUT2D eigenvalue weighted by atomic mass is 10.1. The standard InChI is InChI=1S/C20H20N2O2S/c1-4-22(13(2)23)20(24)17(21-3)12-14-9-10-19-16(11-14)15-7-5-6-8-18(15)25-19/h5-12,21H,4H2,1-3H3/b17-12+. The minimum absolute atomic E-state index is 0.257. The average molecular weight is 352 g/mol. The van der Waals surface area contributed by atoms with E-state index in [1.807, 2.05) is 18.2 Å². The van der Waals surface area contributed by atoms with Crippen molar-refractivity contribution in [2.45, 2.75) is 13.8 Å². The topological polar surface area (TPSA) is 49.4 Å². The van der Waals surface area contributed by atoms with Crippen LogP contribution in [0, 0.1) is 0 Å². The van der Waals surface area contributed by atoms with Gasteiger partial charge in [-0.15, -0.1) is 11.3 Å². The molecule has 1 heterocycles. The van der Waals surface area contributed by atoms with Gasteiger partial charge in [0.25, 0.3) is 5.91 Å². The number of nitrogens with zero attached hydrogens (tertiary/aromatic N) is 1. The molecule has 3 aromatic rings. The monoisotopic (exact) mass is 352 g/mol. The zero-order valence-corrected chi connectivity index (χ0v) is 15.3. The highest BCUT2D eigenvalue weighted by molar-refractivity contribution is 7.25. The van der Waals surface area contributed by atoms with Crippen molar-refractivity contribution in [1.82, 2.24) is 10.2 Å². The Morgan fingerprint density at radius 1 is 1.12 bits per heavy atom. The molecule has 0 fully saturated rings. The van der Waals surface area contributed by atoms with E-state index in [2.05, 4.69) is 29.6 Å². The molecule has 5 heteroatoms. The molecule has 25 heavy (non-hydrogen) atoms. The molecule has 0 aliphatic carbocycles. The van der Waals surface area contributed by atoms with Crippen molar-refractivity contribution in [3.8, 4) is 0 Å². The highest BCUT2D eigenvalue weighted by Crippen LogP contribution is 2.34. The minimum atomic E-state index is -0.312. The van der Waals surface area contributed by atoms with E-state index >= 15 is 0 Å². The molecule has 2 amide bonds. The van der Waals surface area contributed by atoms with Gasteiger partial charge in [0.05, 0.1) is 0 Å². The van der Waals surface area contributed by atoms with E-state index in [0.717, 1.165) is 5.56 Å². The van der Waals surface area contributed by atoms with Gasteiger partial charge in [-0.05, 0) is 36.8 Å². The lowest BCUT2D eigenvalue weighted by Crippen LogP contribution is -2.38. The van der Waals surface area contributed by atoms with Crippen molar-refractivity contribution in [1.29, 1.82) is 0 Å². The fraction of sp³-hybridized carbons (Fsp3) is 0.200.